The van der Waals surface area contributed by atoms with E-state index in [1.54, 1.807) is 7.11 Å². The predicted octanol–water partition coefficient (Wildman–Crippen LogP) is 1.05. The van der Waals surface area contributed by atoms with Crippen molar-refractivity contribution in [2.75, 3.05) is 20.3 Å². The van der Waals surface area contributed by atoms with Gasteiger partial charge in [0.15, 0.2) is 0 Å². The number of rotatable bonds is 5. The Kier molecular flexibility index (Phi) is 5.22. The van der Waals surface area contributed by atoms with Crippen LogP contribution in [0.3, 0.4) is 0 Å². The van der Waals surface area contributed by atoms with Crippen LogP contribution in [0, 0.1) is 5.41 Å². The Morgan fingerprint density at radius 1 is 1.44 bits per heavy atom. The van der Waals surface area contributed by atoms with Crippen molar-refractivity contribution in [2.45, 2.75) is 45.1 Å². The van der Waals surface area contributed by atoms with Gasteiger partial charge in [0.05, 0.1) is 6.61 Å². The number of hydrogen-bond acceptors (Lipinski definition) is 3. The molecule has 94 valence electrons. The van der Waals surface area contributed by atoms with Gasteiger partial charge in [0.1, 0.15) is 6.04 Å². The molecule has 1 amide bonds. The fourth-order valence-electron chi connectivity index (χ4n) is 2.27. The zero-order valence-electron chi connectivity index (χ0n) is 10.4. The van der Waals surface area contributed by atoms with Gasteiger partial charge in [-0.3, -0.25) is 4.79 Å². The van der Waals surface area contributed by atoms with E-state index in [1.165, 1.54) is 32.1 Å². The number of hydrogen-bond donors (Lipinski definition) is 2. The SMILES string of the molecule is COCC(N)C(=O)NCC1(C)CCCCC1. The molecule has 1 aliphatic carbocycles. The topological polar surface area (TPSA) is 64.3 Å². The summed E-state index contributed by atoms with van der Waals surface area (Å²) >= 11 is 0. The quantitative estimate of drug-likeness (QED) is 0.739. The van der Waals surface area contributed by atoms with Gasteiger partial charge in [0.25, 0.3) is 0 Å². The Morgan fingerprint density at radius 3 is 2.62 bits per heavy atom. The first-order valence-corrected chi connectivity index (χ1v) is 6.10. The van der Waals surface area contributed by atoms with Crippen molar-refractivity contribution >= 4 is 5.91 Å². The molecule has 1 saturated carbocycles. The number of nitrogens with one attached hydrogen (secondary N) is 1. The summed E-state index contributed by atoms with van der Waals surface area (Å²) in [7, 11) is 1.55. The van der Waals surface area contributed by atoms with E-state index in [-0.39, 0.29) is 17.9 Å². The second kappa shape index (κ2) is 6.21. The molecule has 0 heterocycles. The number of nitrogens with two attached hydrogens (primary N) is 1. The van der Waals surface area contributed by atoms with Gasteiger partial charge in [-0.1, -0.05) is 26.2 Å². The summed E-state index contributed by atoms with van der Waals surface area (Å²) in [5.41, 5.74) is 5.91. The number of carbonyl (C=O) groups is 1. The molecule has 0 spiro atoms. The largest absolute Gasteiger partial charge is 0.383 e. The monoisotopic (exact) mass is 228 g/mol. The minimum atomic E-state index is -0.544. The molecule has 1 aliphatic rings. The smallest absolute Gasteiger partial charge is 0.239 e. The molecule has 0 bridgehead atoms. The Hall–Kier alpha value is -0.610. The predicted molar refractivity (Wildman–Crippen MR) is 64.1 cm³/mol. The zero-order valence-corrected chi connectivity index (χ0v) is 10.4. The summed E-state index contributed by atoms with van der Waals surface area (Å²) in [6.07, 6.45) is 6.28. The lowest BCUT2D eigenvalue weighted by atomic mass is 9.76. The van der Waals surface area contributed by atoms with Crippen molar-refractivity contribution < 1.29 is 9.53 Å². The molecule has 4 heteroatoms. The summed E-state index contributed by atoms with van der Waals surface area (Å²) in [5.74, 6) is -0.103. The molecule has 0 aromatic carbocycles. The van der Waals surface area contributed by atoms with Gasteiger partial charge < -0.3 is 15.8 Å². The average Bonchev–Trinajstić information content (AvgIpc) is 2.27. The highest BCUT2D eigenvalue weighted by molar-refractivity contribution is 5.81. The van der Waals surface area contributed by atoms with E-state index in [4.69, 9.17) is 10.5 Å². The first kappa shape index (κ1) is 13.5. The van der Waals surface area contributed by atoms with Crippen molar-refractivity contribution in [1.82, 2.24) is 5.32 Å². The molecule has 1 rings (SSSR count). The van der Waals surface area contributed by atoms with Gasteiger partial charge in [0, 0.05) is 13.7 Å². The van der Waals surface area contributed by atoms with E-state index < -0.39 is 6.04 Å². The molecule has 1 unspecified atom stereocenters. The van der Waals surface area contributed by atoms with Crippen LogP contribution in [0.2, 0.25) is 0 Å². The Bertz CT molecular complexity index is 225. The molecule has 3 N–H and O–H groups in total. The third-order valence-electron chi connectivity index (χ3n) is 3.43. The van der Waals surface area contributed by atoms with Crippen LogP contribution >= 0.6 is 0 Å². The van der Waals surface area contributed by atoms with Crippen LogP contribution in [0.1, 0.15) is 39.0 Å². The molecule has 0 aromatic heterocycles. The van der Waals surface area contributed by atoms with Crippen LogP contribution in [0.4, 0.5) is 0 Å². The molecule has 0 radical (unpaired) electrons. The fraction of sp³-hybridized carbons (Fsp3) is 0.917. The van der Waals surface area contributed by atoms with E-state index in [1.807, 2.05) is 0 Å². The Morgan fingerprint density at radius 2 is 2.06 bits per heavy atom. The van der Waals surface area contributed by atoms with Crippen molar-refractivity contribution in [3.8, 4) is 0 Å². The molecular weight excluding hydrogens is 204 g/mol. The van der Waals surface area contributed by atoms with E-state index >= 15 is 0 Å². The second-order valence-corrected chi connectivity index (χ2v) is 5.15. The fourth-order valence-corrected chi connectivity index (χ4v) is 2.27. The molecule has 1 atom stereocenters. The molecule has 1 fully saturated rings. The second-order valence-electron chi connectivity index (χ2n) is 5.15. The molecule has 0 aromatic rings. The van der Waals surface area contributed by atoms with Crippen LogP contribution in [-0.2, 0) is 9.53 Å². The first-order chi connectivity index (χ1) is 7.57. The zero-order chi connectivity index (χ0) is 12.0. The van der Waals surface area contributed by atoms with E-state index in [0.717, 1.165) is 6.54 Å². The van der Waals surface area contributed by atoms with Gasteiger partial charge in [0.2, 0.25) is 5.91 Å². The van der Waals surface area contributed by atoms with Gasteiger partial charge in [-0.25, -0.2) is 0 Å². The third kappa shape index (κ3) is 4.10. The minimum Gasteiger partial charge on any atom is -0.383 e. The van der Waals surface area contributed by atoms with Crippen molar-refractivity contribution in [1.29, 1.82) is 0 Å². The summed E-state index contributed by atoms with van der Waals surface area (Å²) in [4.78, 5) is 11.6. The van der Waals surface area contributed by atoms with Crippen LogP contribution in [-0.4, -0.2) is 32.2 Å². The summed E-state index contributed by atoms with van der Waals surface area (Å²) in [5, 5.41) is 2.93. The lowest BCUT2D eigenvalue weighted by Gasteiger charge is -2.33. The molecule has 4 nitrogen and oxygen atoms in total. The summed E-state index contributed by atoms with van der Waals surface area (Å²) in [6.45, 7) is 3.26. The van der Waals surface area contributed by atoms with Crippen LogP contribution in [0.5, 0.6) is 0 Å². The maximum absolute atomic E-state index is 11.6. The summed E-state index contributed by atoms with van der Waals surface area (Å²) < 4.78 is 4.86. The molecule has 16 heavy (non-hydrogen) atoms. The van der Waals surface area contributed by atoms with Crippen molar-refractivity contribution in [3.05, 3.63) is 0 Å². The Balaban J connectivity index is 2.29. The highest BCUT2D eigenvalue weighted by Gasteiger charge is 2.27. The van der Waals surface area contributed by atoms with E-state index in [0.29, 0.717) is 0 Å². The maximum atomic E-state index is 11.6. The van der Waals surface area contributed by atoms with Crippen molar-refractivity contribution in [2.24, 2.45) is 11.1 Å². The first-order valence-electron chi connectivity index (χ1n) is 6.10. The van der Waals surface area contributed by atoms with E-state index in [9.17, 15) is 4.79 Å². The number of methoxy groups -OCH3 is 1. The minimum absolute atomic E-state index is 0.103. The maximum Gasteiger partial charge on any atom is 0.239 e. The molecule has 0 aliphatic heterocycles. The number of carbonyl (C=O) groups excluding carboxylic acids is 1. The number of amides is 1. The van der Waals surface area contributed by atoms with Crippen LogP contribution in [0.25, 0.3) is 0 Å². The van der Waals surface area contributed by atoms with Gasteiger partial charge in [-0.2, -0.15) is 0 Å². The highest BCUT2D eigenvalue weighted by Crippen LogP contribution is 2.34. The highest BCUT2D eigenvalue weighted by atomic mass is 16.5. The van der Waals surface area contributed by atoms with Gasteiger partial charge >= 0.3 is 0 Å². The lowest BCUT2D eigenvalue weighted by molar-refractivity contribution is -0.124. The lowest BCUT2D eigenvalue weighted by Crippen LogP contribution is -2.47. The van der Waals surface area contributed by atoms with Gasteiger partial charge in [-0.15, -0.1) is 0 Å². The van der Waals surface area contributed by atoms with Crippen LogP contribution < -0.4 is 11.1 Å². The van der Waals surface area contributed by atoms with Crippen molar-refractivity contribution in [3.63, 3.8) is 0 Å². The van der Waals surface area contributed by atoms with Crippen LogP contribution in [0.15, 0.2) is 0 Å². The van der Waals surface area contributed by atoms with Gasteiger partial charge in [-0.05, 0) is 18.3 Å². The molecular formula is C12H24N2O2. The number of ether oxygens (including phenoxy) is 1. The average molecular weight is 228 g/mol. The summed E-state index contributed by atoms with van der Waals surface area (Å²) in [6, 6.07) is -0.544. The third-order valence-corrected chi connectivity index (χ3v) is 3.43. The Labute approximate surface area is 97.9 Å². The molecule has 0 saturated heterocycles. The standard InChI is InChI=1S/C12H24N2O2/c1-12(6-4-3-5-7-12)9-14-11(15)10(13)8-16-2/h10H,3-9,13H2,1-2H3,(H,14,15). The van der Waals surface area contributed by atoms with E-state index in [2.05, 4.69) is 12.2 Å². The normalized spacial score (nSPS) is 21.4.